The van der Waals surface area contributed by atoms with Crippen LogP contribution in [0.5, 0.6) is 0 Å². The van der Waals surface area contributed by atoms with Crippen molar-refractivity contribution in [2.24, 2.45) is 5.92 Å². The van der Waals surface area contributed by atoms with Crippen molar-refractivity contribution in [3.05, 3.63) is 11.4 Å². The fourth-order valence-corrected chi connectivity index (χ4v) is 2.08. The summed E-state index contributed by atoms with van der Waals surface area (Å²) in [6.45, 7) is 11.6. The molecule has 0 atom stereocenters. The van der Waals surface area contributed by atoms with Gasteiger partial charge in [0.25, 0.3) is 0 Å². The molecule has 1 fully saturated rings. The molecule has 0 bridgehead atoms. The average Bonchev–Trinajstić information content (AvgIpc) is 3.26. The highest BCUT2D eigenvalue weighted by molar-refractivity contribution is 5.57. The Morgan fingerprint density at radius 3 is 2.43 bits per heavy atom. The lowest BCUT2D eigenvalue weighted by Gasteiger charge is -2.16. The summed E-state index contributed by atoms with van der Waals surface area (Å²) in [6.07, 6.45) is 2.67. The van der Waals surface area contributed by atoms with Gasteiger partial charge in [-0.1, -0.05) is 13.8 Å². The van der Waals surface area contributed by atoms with Crippen molar-refractivity contribution >= 4 is 11.6 Å². The molecule has 21 heavy (non-hydrogen) atoms. The molecule has 5 heteroatoms. The summed E-state index contributed by atoms with van der Waals surface area (Å²) in [5.74, 6) is 3.85. The zero-order valence-electron chi connectivity index (χ0n) is 13.7. The molecule has 1 aliphatic carbocycles. The molecule has 0 aliphatic heterocycles. The largest absolute Gasteiger partial charge is 0.379 e. The van der Waals surface area contributed by atoms with E-state index in [9.17, 15) is 0 Å². The lowest BCUT2D eigenvalue weighted by atomic mass is 10.2. The number of aromatic nitrogens is 2. The van der Waals surface area contributed by atoms with Crippen molar-refractivity contribution in [1.82, 2.24) is 9.97 Å². The lowest BCUT2D eigenvalue weighted by Crippen LogP contribution is -2.15. The smallest absolute Gasteiger partial charge is 0.135 e. The molecule has 1 aliphatic rings. The van der Waals surface area contributed by atoms with Gasteiger partial charge in [0.1, 0.15) is 17.5 Å². The van der Waals surface area contributed by atoms with Crippen molar-refractivity contribution in [2.45, 2.75) is 46.5 Å². The second-order valence-corrected chi connectivity index (χ2v) is 6.03. The van der Waals surface area contributed by atoms with Gasteiger partial charge in [0.2, 0.25) is 0 Å². The van der Waals surface area contributed by atoms with Gasteiger partial charge in [0, 0.05) is 31.2 Å². The van der Waals surface area contributed by atoms with Crippen LogP contribution in [0, 0.1) is 12.8 Å². The van der Waals surface area contributed by atoms with Crippen molar-refractivity contribution < 1.29 is 4.74 Å². The SMILES string of the molecule is CCNc1nc(C(C)C)nc(NCCOCC2CC2)c1C. The third-order valence-electron chi connectivity index (χ3n) is 3.61. The molecule has 0 spiro atoms. The van der Waals surface area contributed by atoms with E-state index in [0.29, 0.717) is 5.92 Å². The second-order valence-electron chi connectivity index (χ2n) is 6.03. The summed E-state index contributed by atoms with van der Waals surface area (Å²) in [5.41, 5.74) is 1.07. The summed E-state index contributed by atoms with van der Waals surface area (Å²) >= 11 is 0. The molecule has 1 aromatic rings. The number of ether oxygens (including phenoxy) is 1. The van der Waals surface area contributed by atoms with Crippen LogP contribution in [0.15, 0.2) is 0 Å². The van der Waals surface area contributed by atoms with E-state index in [0.717, 1.165) is 55.2 Å². The number of anilines is 2. The van der Waals surface area contributed by atoms with Crippen LogP contribution in [-0.4, -0.2) is 36.3 Å². The molecular weight excluding hydrogens is 264 g/mol. The fraction of sp³-hybridized carbons (Fsp3) is 0.750. The highest BCUT2D eigenvalue weighted by Gasteiger charge is 2.20. The average molecular weight is 292 g/mol. The predicted molar refractivity (Wildman–Crippen MR) is 87.1 cm³/mol. The van der Waals surface area contributed by atoms with Gasteiger partial charge in [0.05, 0.1) is 6.61 Å². The van der Waals surface area contributed by atoms with Crippen molar-refractivity contribution in [1.29, 1.82) is 0 Å². The first-order chi connectivity index (χ1) is 10.1. The normalized spacial score (nSPS) is 14.5. The van der Waals surface area contributed by atoms with Gasteiger partial charge >= 0.3 is 0 Å². The molecule has 0 aromatic carbocycles. The molecule has 0 unspecified atom stereocenters. The maximum absolute atomic E-state index is 5.65. The van der Waals surface area contributed by atoms with Crippen LogP contribution in [-0.2, 0) is 4.74 Å². The molecule has 1 heterocycles. The van der Waals surface area contributed by atoms with Crippen molar-refractivity contribution in [3.63, 3.8) is 0 Å². The van der Waals surface area contributed by atoms with Gasteiger partial charge in [-0.3, -0.25) is 0 Å². The Labute approximate surface area is 127 Å². The van der Waals surface area contributed by atoms with Crippen LogP contribution in [0.1, 0.15) is 50.9 Å². The van der Waals surface area contributed by atoms with E-state index in [1.54, 1.807) is 0 Å². The summed E-state index contributed by atoms with van der Waals surface area (Å²) in [4.78, 5) is 9.25. The van der Waals surface area contributed by atoms with Crippen LogP contribution in [0.4, 0.5) is 11.6 Å². The highest BCUT2D eigenvalue weighted by Crippen LogP contribution is 2.28. The molecule has 0 radical (unpaired) electrons. The predicted octanol–water partition coefficient (Wildman–Crippen LogP) is 3.18. The van der Waals surface area contributed by atoms with Gasteiger partial charge in [-0.05, 0) is 32.6 Å². The summed E-state index contributed by atoms with van der Waals surface area (Å²) in [6, 6.07) is 0. The Hall–Kier alpha value is -1.36. The molecule has 1 saturated carbocycles. The van der Waals surface area contributed by atoms with Gasteiger partial charge in [-0.15, -0.1) is 0 Å². The molecule has 1 aromatic heterocycles. The molecule has 0 amide bonds. The highest BCUT2D eigenvalue weighted by atomic mass is 16.5. The molecule has 2 N–H and O–H groups in total. The molecule has 118 valence electrons. The van der Waals surface area contributed by atoms with Crippen molar-refractivity contribution in [3.8, 4) is 0 Å². The van der Waals surface area contributed by atoms with E-state index >= 15 is 0 Å². The van der Waals surface area contributed by atoms with E-state index in [2.05, 4.69) is 48.3 Å². The first kappa shape index (κ1) is 16.0. The topological polar surface area (TPSA) is 59.1 Å². The first-order valence-electron chi connectivity index (χ1n) is 8.05. The van der Waals surface area contributed by atoms with Crippen LogP contribution < -0.4 is 10.6 Å². The summed E-state index contributed by atoms with van der Waals surface area (Å²) in [5, 5.41) is 6.70. The number of nitrogens with one attached hydrogen (secondary N) is 2. The van der Waals surface area contributed by atoms with Gasteiger partial charge in [0.15, 0.2) is 0 Å². The molecule has 5 nitrogen and oxygen atoms in total. The number of rotatable bonds is 9. The third kappa shape index (κ3) is 4.84. The Morgan fingerprint density at radius 2 is 1.86 bits per heavy atom. The van der Waals surface area contributed by atoms with Gasteiger partial charge in [-0.25, -0.2) is 9.97 Å². The van der Waals surface area contributed by atoms with Crippen LogP contribution in [0.25, 0.3) is 0 Å². The fourth-order valence-electron chi connectivity index (χ4n) is 2.08. The molecule has 2 rings (SSSR count). The van der Waals surface area contributed by atoms with E-state index in [1.165, 1.54) is 12.8 Å². The number of nitrogens with zero attached hydrogens (tertiary/aromatic N) is 2. The van der Waals surface area contributed by atoms with Gasteiger partial charge < -0.3 is 15.4 Å². The minimum absolute atomic E-state index is 0.315. The number of hydrogen-bond acceptors (Lipinski definition) is 5. The van der Waals surface area contributed by atoms with E-state index in [-0.39, 0.29) is 0 Å². The monoisotopic (exact) mass is 292 g/mol. The van der Waals surface area contributed by atoms with Gasteiger partial charge in [-0.2, -0.15) is 0 Å². The van der Waals surface area contributed by atoms with E-state index < -0.39 is 0 Å². The lowest BCUT2D eigenvalue weighted by molar-refractivity contribution is 0.134. The zero-order valence-corrected chi connectivity index (χ0v) is 13.7. The minimum atomic E-state index is 0.315. The van der Waals surface area contributed by atoms with Crippen molar-refractivity contribution in [2.75, 3.05) is 36.9 Å². The van der Waals surface area contributed by atoms with E-state index in [1.807, 2.05) is 0 Å². The Kier molecular flexibility index (Phi) is 5.79. The Morgan fingerprint density at radius 1 is 1.19 bits per heavy atom. The Balaban J connectivity index is 1.94. The standard InChI is InChI=1S/C16H28N4O/c1-5-17-15-12(4)16(20-14(19-15)11(2)3)18-8-9-21-10-13-6-7-13/h11,13H,5-10H2,1-4H3,(H2,17,18,19,20). The maximum atomic E-state index is 5.65. The zero-order chi connectivity index (χ0) is 15.2. The molecular formula is C16H28N4O. The minimum Gasteiger partial charge on any atom is -0.379 e. The Bertz CT molecular complexity index is 458. The quantitative estimate of drug-likeness (QED) is 0.685. The van der Waals surface area contributed by atoms with Crippen LogP contribution in [0.3, 0.4) is 0 Å². The summed E-state index contributed by atoms with van der Waals surface area (Å²) in [7, 11) is 0. The van der Waals surface area contributed by atoms with E-state index in [4.69, 9.17) is 4.74 Å². The number of hydrogen-bond donors (Lipinski definition) is 2. The van der Waals surface area contributed by atoms with Crippen LogP contribution in [0.2, 0.25) is 0 Å². The third-order valence-corrected chi connectivity index (χ3v) is 3.61. The second kappa shape index (κ2) is 7.59. The molecule has 0 saturated heterocycles. The van der Waals surface area contributed by atoms with Crippen LogP contribution >= 0.6 is 0 Å². The first-order valence-corrected chi connectivity index (χ1v) is 8.05. The maximum Gasteiger partial charge on any atom is 0.135 e. The summed E-state index contributed by atoms with van der Waals surface area (Å²) < 4.78 is 5.65.